The summed E-state index contributed by atoms with van der Waals surface area (Å²) in [4.78, 5) is 24.3. The van der Waals surface area contributed by atoms with Gasteiger partial charge in [0, 0.05) is 19.1 Å². The molecule has 1 N–H and O–H groups in total. The third kappa shape index (κ3) is 4.89. The molecule has 0 unspecified atom stereocenters. The second-order valence-electron chi connectivity index (χ2n) is 7.27. The van der Waals surface area contributed by atoms with Crippen LogP contribution in [0.15, 0.2) is 23.1 Å². The first-order valence-corrected chi connectivity index (χ1v) is 10.9. The van der Waals surface area contributed by atoms with Crippen LogP contribution in [0.1, 0.15) is 35.7 Å². The molecule has 2 aliphatic rings. The summed E-state index contributed by atoms with van der Waals surface area (Å²) >= 11 is 0. The maximum atomic E-state index is 12.9. The summed E-state index contributed by atoms with van der Waals surface area (Å²) in [6, 6.07) is 4.45. The minimum Gasteiger partial charge on any atom is -0.452 e. The molecule has 3 rings (SSSR count). The molecule has 0 radical (unpaired) electrons. The van der Waals surface area contributed by atoms with Crippen LogP contribution in [-0.2, 0) is 24.3 Å². The molecule has 0 bridgehead atoms. The number of nitrogens with zero attached hydrogens (tertiary/aromatic N) is 1. The first-order valence-electron chi connectivity index (χ1n) is 9.44. The van der Waals surface area contributed by atoms with Crippen molar-refractivity contribution in [2.75, 3.05) is 32.9 Å². The van der Waals surface area contributed by atoms with Crippen molar-refractivity contribution in [2.45, 2.75) is 37.6 Å². The van der Waals surface area contributed by atoms with Crippen LogP contribution in [0.4, 0.5) is 0 Å². The molecule has 154 valence electrons. The number of carbonyl (C=O) groups is 2. The van der Waals surface area contributed by atoms with Crippen molar-refractivity contribution in [2.24, 2.45) is 5.92 Å². The number of esters is 1. The van der Waals surface area contributed by atoms with E-state index in [2.05, 4.69) is 5.32 Å². The number of aryl methyl sites for hydroxylation is 1. The Bertz CT molecular complexity index is 844. The average molecular weight is 410 g/mol. The minimum absolute atomic E-state index is 0.0654. The standard InChI is InChI=1S/C19H26N2O6S/c1-13-3-4-16(11-17(13)28(24,25)21-7-9-26-10-8-21)19(23)27-12-18(22)20-14(2)15-5-6-15/h3-4,11,14-15H,5-10,12H2,1-2H3,(H,20,22)/t14-/m1/s1. The summed E-state index contributed by atoms with van der Waals surface area (Å²) < 4.78 is 37.4. The molecule has 2 fully saturated rings. The summed E-state index contributed by atoms with van der Waals surface area (Å²) in [7, 11) is -3.73. The number of benzene rings is 1. The zero-order valence-electron chi connectivity index (χ0n) is 16.1. The van der Waals surface area contributed by atoms with Crippen LogP contribution in [0.2, 0.25) is 0 Å². The van der Waals surface area contributed by atoms with Crippen molar-refractivity contribution in [1.29, 1.82) is 0 Å². The van der Waals surface area contributed by atoms with Gasteiger partial charge < -0.3 is 14.8 Å². The molecule has 1 atom stereocenters. The van der Waals surface area contributed by atoms with Gasteiger partial charge in [0.15, 0.2) is 6.61 Å². The first-order chi connectivity index (χ1) is 13.3. The first kappa shape index (κ1) is 20.8. The smallest absolute Gasteiger partial charge is 0.338 e. The van der Waals surface area contributed by atoms with E-state index in [1.54, 1.807) is 13.0 Å². The maximum Gasteiger partial charge on any atom is 0.338 e. The molecule has 0 aromatic heterocycles. The third-order valence-corrected chi connectivity index (χ3v) is 7.10. The van der Waals surface area contributed by atoms with Gasteiger partial charge in [-0.25, -0.2) is 13.2 Å². The SMILES string of the molecule is Cc1ccc(C(=O)OCC(=O)N[C@H](C)C2CC2)cc1S(=O)(=O)N1CCOCC1. The zero-order valence-corrected chi connectivity index (χ0v) is 17.0. The van der Waals surface area contributed by atoms with Gasteiger partial charge in [-0.2, -0.15) is 4.31 Å². The van der Waals surface area contributed by atoms with E-state index >= 15 is 0 Å². The maximum absolute atomic E-state index is 12.9. The molecule has 1 aliphatic carbocycles. The monoisotopic (exact) mass is 410 g/mol. The van der Waals surface area contributed by atoms with E-state index in [1.807, 2.05) is 6.92 Å². The van der Waals surface area contributed by atoms with Crippen molar-refractivity contribution in [3.63, 3.8) is 0 Å². The number of ether oxygens (including phenoxy) is 2. The highest BCUT2D eigenvalue weighted by atomic mass is 32.2. The summed E-state index contributed by atoms with van der Waals surface area (Å²) in [6.45, 7) is 4.44. The Morgan fingerprint density at radius 1 is 1.29 bits per heavy atom. The molecule has 1 aromatic rings. The van der Waals surface area contributed by atoms with E-state index in [-0.39, 0.29) is 35.5 Å². The second-order valence-corrected chi connectivity index (χ2v) is 9.17. The number of sulfonamides is 1. The lowest BCUT2D eigenvalue weighted by Crippen LogP contribution is -2.40. The molecule has 1 saturated heterocycles. The van der Waals surface area contributed by atoms with Crippen LogP contribution in [-0.4, -0.2) is 63.6 Å². The Morgan fingerprint density at radius 3 is 2.61 bits per heavy atom. The summed E-state index contributed by atoms with van der Waals surface area (Å²) in [5.74, 6) is -0.585. The van der Waals surface area contributed by atoms with Crippen LogP contribution >= 0.6 is 0 Å². The summed E-state index contributed by atoms with van der Waals surface area (Å²) in [5, 5.41) is 2.81. The normalized spacial score (nSPS) is 19.1. The highest BCUT2D eigenvalue weighted by Gasteiger charge is 2.30. The number of carbonyl (C=O) groups excluding carboxylic acids is 2. The Morgan fingerprint density at radius 2 is 1.96 bits per heavy atom. The topological polar surface area (TPSA) is 102 Å². The quantitative estimate of drug-likeness (QED) is 0.675. The largest absolute Gasteiger partial charge is 0.452 e. The van der Waals surface area contributed by atoms with Crippen molar-refractivity contribution >= 4 is 21.9 Å². The number of rotatable bonds is 7. The molecule has 0 spiro atoms. The van der Waals surface area contributed by atoms with Crippen LogP contribution in [0.5, 0.6) is 0 Å². The van der Waals surface area contributed by atoms with Crippen molar-refractivity contribution in [3.05, 3.63) is 29.3 Å². The lowest BCUT2D eigenvalue weighted by Gasteiger charge is -2.26. The van der Waals surface area contributed by atoms with Crippen LogP contribution < -0.4 is 5.32 Å². The van der Waals surface area contributed by atoms with Crippen LogP contribution in [0.3, 0.4) is 0 Å². The van der Waals surface area contributed by atoms with Gasteiger partial charge in [0.05, 0.1) is 23.7 Å². The molecule has 1 aromatic carbocycles. The van der Waals surface area contributed by atoms with E-state index < -0.39 is 22.6 Å². The van der Waals surface area contributed by atoms with E-state index in [4.69, 9.17) is 9.47 Å². The fourth-order valence-corrected chi connectivity index (χ4v) is 4.81. The van der Waals surface area contributed by atoms with E-state index in [0.717, 1.165) is 12.8 Å². The number of morpholine rings is 1. The fourth-order valence-electron chi connectivity index (χ4n) is 3.16. The fraction of sp³-hybridized carbons (Fsp3) is 0.579. The van der Waals surface area contributed by atoms with Crippen LogP contribution in [0, 0.1) is 12.8 Å². The van der Waals surface area contributed by atoms with Crippen LogP contribution in [0.25, 0.3) is 0 Å². The van der Waals surface area contributed by atoms with Gasteiger partial charge in [-0.15, -0.1) is 0 Å². The van der Waals surface area contributed by atoms with Gasteiger partial charge in [-0.05, 0) is 50.3 Å². The molecule has 1 heterocycles. The highest BCUT2D eigenvalue weighted by Crippen LogP contribution is 2.32. The summed E-state index contributed by atoms with van der Waals surface area (Å²) in [6.07, 6.45) is 2.20. The zero-order chi connectivity index (χ0) is 20.3. The molecule has 1 aliphatic heterocycles. The lowest BCUT2D eigenvalue weighted by atomic mass is 10.1. The highest BCUT2D eigenvalue weighted by molar-refractivity contribution is 7.89. The predicted molar refractivity (Wildman–Crippen MR) is 101 cm³/mol. The average Bonchev–Trinajstić information content (AvgIpc) is 3.52. The lowest BCUT2D eigenvalue weighted by molar-refractivity contribution is -0.124. The van der Waals surface area contributed by atoms with Gasteiger partial charge >= 0.3 is 5.97 Å². The third-order valence-electron chi connectivity index (χ3n) is 5.06. The van der Waals surface area contributed by atoms with Crippen molar-refractivity contribution < 1.29 is 27.5 Å². The number of hydrogen-bond donors (Lipinski definition) is 1. The Labute approximate surface area is 165 Å². The van der Waals surface area contributed by atoms with Gasteiger partial charge in [0.2, 0.25) is 10.0 Å². The Kier molecular flexibility index (Phi) is 6.36. The molecular weight excluding hydrogens is 384 g/mol. The van der Waals surface area contributed by atoms with E-state index in [9.17, 15) is 18.0 Å². The van der Waals surface area contributed by atoms with Gasteiger partial charge in [0.25, 0.3) is 5.91 Å². The predicted octanol–water partition coefficient (Wildman–Crippen LogP) is 1.09. The van der Waals surface area contributed by atoms with E-state index in [0.29, 0.717) is 24.7 Å². The number of hydrogen-bond acceptors (Lipinski definition) is 6. The summed E-state index contributed by atoms with van der Waals surface area (Å²) in [5.41, 5.74) is 0.638. The van der Waals surface area contributed by atoms with Crippen molar-refractivity contribution in [1.82, 2.24) is 9.62 Å². The van der Waals surface area contributed by atoms with Gasteiger partial charge in [0.1, 0.15) is 0 Å². The van der Waals surface area contributed by atoms with Crippen molar-refractivity contribution in [3.8, 4) is 0 Å². The Balaban J connectivity index is 1.66. The number of amides is 1. The molecule has 28 heavy (non-hydrogen) atoms. The molecular formula is C19H26N2O6S. The minimum atomic E-state index is -3.73. The van der Waals surface area contributed by atoms with Gasteiger partial charge in [-0.1, -0.05) is 6.07 Å². The van der Waals surface area contributed by atoms with E-state index in [1.165, 1.54) is 16.4 Å². The Hall–Kier alpha value is -1.97. The molecule has 1 saturated carbocycles. The number of nitrogens with one attached hydrogen (secondary N) is 1. The van der Waals surface area contributed by atoms with Gasteiger partial charge in [-0.3, -0.25) is 4.79 Å². The second kappa shape index (κ2) is 8.59. The molecule has 9 heteroatoms. The molecule has 8 nitrogen and oxygen atoms in total. The molecule has 1 amide bonds.